The average Bonchev–Trinajstić information content (AvgIpc) is 2.89. The van der Waals surface area contributed by atoms with Crippen molar-refractivity contribution in [2.24, 2.45) is 0 Å². The molecule has 206 valence electrons. The van der Waals surface area contributed by atoms with E-state index in [1.54, 1.807) is 0 Å². The van der Waals surface area contributed by atoms with E-state index in [1.165, 1.54) is 114 Å². The molecule has 0 saturated heterocycles. The van der Waals surface area contributed by atoms with E-state index in [1.807, 2.05) is 0 Å². The molecule has 0 amide bonds. The Labute approximate surface area is 242 Å². The van der Waals surface area contributed by atoms with E-state index in [4.69, 9.17) is 0 Å². The van der Waals surface area contributed by atoms with E-state index in [9.17, 15) is 0 Å². The van der Waals surface area contributed by atoms with Crippen LogP contribution in [0.4, 0.5) is 0 Å². The molecule has 0 saturated carbocycles. The van der Waals surface area contributed by atoms with Gasteiger partial charge in [0.2, 0.25) is 0 Å². The van der Waals surface area contributed by atoms with E-state index in [2.05, 4.69) is 116 Å². The van der Waals surface area contributed by atoms with E-state index < -0.39 is 0 Å². The first-order chi connectivity index (χ1) is 19.2. The van der Waals surface area contributed by atoms with Crippen LogP contribution >= 0.6 is 0 Å². The zero-order valence-electron chi connectivity index (χ0n) is 26.0. The number of hydrogen-bond acceptors (Lipinski definition) is 0. The fraction of sp³-hybridized carbons (Fsp3) is 0.350. The lowest BCUT2D eigenvalue weighted by atomic mass is 9.81. The molecule has 0 radical (unpaired) electrons. The summed E-state index contributed by atoms with van der Waals surface area (Å²) in [6.45, 7) is 18.1. The Bertz CT molecular complexity index is 1540. The first-order valence-electron chi connectivity index (χ1n) is 15.4. The molecule has 40 heavy (non-hydrogen) atoms. The molecular weight excluding hydrogens is 480 g/mol. The number of hydrogen-bond donors (Lipinski definition) is 0. The lowest BCUT2D eigenvalue weighted by molar-refractivity contribution is 0.792. The predicted octanol–water partition coefficient (Wildman–Crippen LogP) is 11.9. The first-order valence-corrected chi connectivity index (χ1v) is 15.4. The van der Waals surface area contributed by atoms with Gasteiger partial charge in [0.1, 0.15) is 0 Å². The summed E-state index contributed by atoms with van der Waals surface area (Å²) in [5.74, 6) is 0. The molecule has 0 atom stereocenters. The second kappa shape index (κ2) is 11.6. The molecule has 5 aromatic rings. The Morgan fingerprint density at radius 3 is 1.07 bits per heavy atom. The van der Waals surface area contributed by atoms with Gasteiger partial charge in [-0.05, 0) is 133 Å². The van der Waals surface area contributed by atoms with Gasteiger partial charge in [-0.1, -0.05) is 110 Å². The van der Waals surface area contributed by atoms with Gasteiger partial charge in [0, 0.05) is 0 Å². The third-order valence-corrected chi connectivity index (χ3v) is 8.65. The third-order valence-electron chi connectivity index (χ3n) is 8.65. The van der Waals surface area contributed by atoms with Crippen LogP contribution < -0.4 is 0 Å². The van der Waals surface area contributed by atoms with Gasteiger partial charge in [0.05, 0.1) is 0 Å². The highest BCUT2D eigenvalue weighted by Gasteiger charge is 2.21. The van der Waals surface area contributed by atoms with Gasteiger partial charge in [0.25, 0.3) is 0 Å². The van der Waals surface area contributed by atoms with Crippen molar-refractivity contribution in [1.82, 2.24) is 0 Å². The fourth-order valence-electron chi connectivity index (χ4n) is 6.75. The Balaban J connectivity index is 2.02. The molecule has 0 bridgehead atoms. The molecule has 5 rings (SSSR count). The Morgan fingerprint density at radius 1 is 0.400 bits per heavy atom. The molecule has 0 nitrogen and oxygen atoms in total. The van der Waals surface area contributed by atoms with Crippen molar-refractivity contribution in [3.63, 3.8) is 0 Å². The standard InChI is InChI=1S/C40H46/c1-9-11-13-31-23-35-36-24-32(14-12-10-2)30(8)22-38(36)40(34-19-27(5)16-28(6)20-34)39(37(35)21-29(31)7)33-17-25(3)15-26(4)18-33/h15-24H,9-14H2,1-8H3. The molecule has 0 aliphatic carbocycles. The van der Waals surface area contributed by atoms with Crippen molar-refractivity contribution in [3.05, 3.63) is 105 Å². The largest absolute Gasteiger partial charge is 0.0654 e. The van der Waals surface area contributed by atoms with Gasteiger partial charge >= 0.3 is 0 Å². The van der Waals surface area contributed by atoms with E-state index >= 15 is 0 Å². The second-order valence-electron chi connectivity index (χ2n) is 12.4. The van der Waals surface area contributed by atoms with Crippen LogP contribution in [0.1, 0.15) is 84.0 Å². The molecule has 0 fully saturated rings. The SMILES string of the molecule is CCCCc1cc2c(cc1C)c(-c1cc(C)cc(C)c1)c(-c1cc(C)cc(C)c1)c1cc(C)c(CCCC)cc12. The third kappa shape index (κ3) is 5.46. The van der Waals surface area contributed by atoms with Gasteiger partial charge < -0.3 is 0 Å². The van der Waals surface area contributed by atoms with E-state index in [0.29, 0.717) is 0 Å². The molecule has 0 heterocycles. The summed E-state index contributed by atoms with van der Waals surface area (Å²) in [7, 11) is 0. The van der Waals surface area contributed by atoms with Gasteiger partial charge in [-0.2, -0.15) is 0 Å². The molecular formula is C40H46. The molecule has 0 aliphatic heterocycles. The van der Waals surface area contributed by atoms with Gasteiger partial charge in [-0.25, -0.2) is 0 Å². The van der Waals surface area contributed by atoms with Crippen LogP contribution in [0, 0.1) is 41.5 Å². The summed E-state index contributed by atoms with van der Waals surface area (Å²) in [5, 5.41) is 5.59. The Morgan fingerprint density at radius 2 is 0.750 bits per heavy atom. The van der Waals surface area contributed by atoms with Crippen LogP contribution in [0.25, 0.3) is 43.8 Å². The maximum absolute atomic E-state index is 2.54. The topological polar surface area (TPSA) is 0 Å². The second-order valence-corrected chi connectivity index (χ2v) is 12.4. The van der Waals surface area contributed by atoms with Crippen LogP contribution in [0.15, 0.2) is 60.7 Å². The Kier molecular flexibility index (Phi) is 8.18. The summed E-state index contributed by atoms with van der Waals surface area (Å²) in [6, 6.07) is 24.2. The van der Waals surface area contributed by atoms with Gasteiger partial charge in [-0.3, -0.25) is 0 Å². The average molecular weight is 527 g/mol. The van der Waals surface area contributed by atoms with Crippen LogP contribution in [-0.4, -0.2) is 0 Å². The summed E-state index contributed by atoms with van der Waals surface area (Å²) in [4.78, 5) is 0. The number of aryl methyl sites for hydroxylation is 8. The lowest BCUT2D eigenvalue weighted by Gasteiger charge is -2.22. The van der Waals surface area contributed by atoms with Crippen molar-refractivity contribution in [2.45, 2.75) is 93.9 Å². The first kappa shape index (κ1) is 28.2. The smallest absolute Gasteiger partial charge is 0.00200 e. The number of benzene rings is 5. The van der Waals surface area contributed by atoms with Crippen molar-refractivity contribution in [3.8, 4) is 22.3 Å². The molecule has 0 heteroatoms. The summed E-state index contributed by atoms with van der Waals surface area (Å²) in [5.41, 5.74) is 16.5. The molecule has 0 aliphatic rings. The quantitative estimate of drug-likeness (QED) is 0.176. The zero-order valence-corrected chi connectivity index (χ0v) is 26.0. The minimum Gasteiger partial charge on any atom is -0.0654 e. The highest BCUT2D eigenvalue weighted by Crippen LogP contribution is 2.46. The molecule has 0 unspecified atom stereocenters. The number of unbranched alkanes of at least 4 members (excludes halogenated alkanes) is 2. The van der Waals surface area contributed by atoms with Crippen molar-refractivity contribution < 1.29 is 0 Å². The van der Waals surface area contributed by atoms with Crippen LogP contribution in [0.5, 0.6) is 0 Å². The summed E-state index contributed by atoms with van der Waals surface area (Å²) >= 11 is 0. The summed E-state index contributed by atoms with van der Waals surface area (Å²) < 4.78 is 0. The zero-order chi connectivity index (χ0) is 28.6. The van der Waals surface area contributed by atoms with Crippen LogP contribution in [-0.2, 0) is 12.8 Å². The van der Waals surface area contributed by atoms with Gasteiger partial charge in [0.15, 0.2) is 0 Å². The minimum atomic E-state index is 1.14. The number of rotatable bonds is 8. The number of fused-ring (bicyclic) bond motifs is 3. The Hall–Kier alpha value is -3.38. The monoisotopic (exact) mass is 526 g/mol. The highest BCUT2D eigenvalue weighted by atomic mass is 14.2. The molecule has 0 aromatic heterocycles. The maximum atomic E-state index is 2.54. The lowest BCUT2D eigenvalue weighted by Crippen LogP contribution is -1.98. The molecule has 0 spiro atoms. The minimum absolute atomic E-state index is 1.14. The van der Waals surface area contributed by atoms with Crippen LogP contribution in [0.2, 0.25) is 0 Å². The van der Waals surface area contributed by atoms with Crippen molar-refractivity contribution in [2.75, 3.05) is 0 Å². The van der Waals surface area contributed by atoms with Crippen molar-refractivity contribution in [1.29, 1.82) is 0 Å². The summed E-state index contributed by atoms with van der Waals surface area (Å²) in [6.07, 6.45) is 7.19. The van der Waals surface area contributed by atoms with E-state index in [-0.39, 0.29) is 0 Å². The normalized spacial score (nSPS) is 11.6. The van der Waals surface area contributed by atoms with Crippen LogP contribution in [0.3, 0.4) is 0 Å². The molecule has 0 N–H and O–H groups in total. The van der Waals surface area contributed by atoms with Crippen molar-refractivity contribution >= 4 is 21.5 Å². The highest BCUT2D eigenvalue weighted by molar-refractivity contribution is 6.22. The molecule has 5 aromatic carbocycles. The fourth-order valence-corrected chi connectivity index (χ4v) is 6.75. The predicted molar refractivity (Wildman–Crippen MR) is 178 cm³/mol. The maximum Gasteiger partial charge on any atom is -0.00200 e. The van der Waals surface area contributed by atoms with E-state index in [0.717, 1.165) is 12.8 Å². The van der Waals surface area contributed by atoms with Gasteiger partial charge in [-0.15, -0.1) is 0 Å².